The topological polar surface area (TPSA) is 70.8 Å². The van der Waals surface area contributed by atoms with Gasteiger partial charge in [0.1, 0.15) is 11.8 Å². The van der Waals surface area contributed by atoms with E-state index < -0.39 is 16.9 Å². The van der Waals surface area contributed by atoms with Crippen LogP contribution in [0, 0.1) is 0 Å². The number of hydrogen-bond donors (Lipinski definition) is 1. The quantitative estimate of drug-likeness (QED) is 0.746. The highest BCUT2D eigenvalue weighted by Crippen LogP contribution is 2.42. The van der Waals surface area contributed by atoms with Crippen molar-refractivity contribution in [3.63, 3.8) is 0 Å². The Bertz CT molecular complexity index is 1010. The number of rotatable bonds is 1. The smallest absolute Gasteiger partial charge is 0.268 e. The van der Waals surface area contributed by atoms with Gasteiger partial charge in [-0.05, 0) is 18.2 Å². The zero-order valence-corrected chi connectivity index (χ0v) is 12.3. The molecule has 0 saturated carbocycles. The molecule has 0 saturated heterocycles. The Kier molecular flexibility index (Phi) is 2.71. The molecule has 0 unspecified atom stereocenters. The lowest BCUT2D eigenvalue weighted by molar-refractivity contribution is -0.132. The third kappa shape index (κ3) is 1.65. The molecule has 2 aromatic carbocycles. The standard InChI is InChI=1S/C18H13NO4/c1-19-14-8-4-3-7-12(14)18(22,17(19)21)13-10-23-15-9-5-2-6-11(15)16(13)20/h2-10,22H,1H3/t18-/m0/s1. The van der Waals surface area contributed by atoms with Gasteiger partial charge in [-0.2, -0.15) is 0 Å². The summed E-state index contributed by atoms with van der Waals surface area (Å²) in [6.45, 7) is 0. The third-order valence-corrected chi connectivity index (χ3v) is 4.34. The summed E-state index contributed by atoms with van der Waals surface area (Å²) >= 11 is 0. The second-order valence-electron chi connectivity index (χ2n) is 5.57. The molecule has 5 heteroatoms. The lowest BCUT2D eigenvalue weighted by Crippen LogP contribution is -2.42. The normalized spacial score (nSPS) is 20.1. The van der Waals surface area contributed by atoms with Gasteiger partial charge in [0.05, 0.1) is 16.6 Å². The average Bonchev–Trinajstić information content (AvgIpc) is 2.78. The number of amides is 1. The summed E-state index contributed by atoms with van der Waals surface area (Å²) in [4.78, 5) is 26.8. The number of benzene rings is 2. The fraction of sp³-hybridized carbons (Fsp3) is 0.111. The summed E-state index contributed by atoms with van der Waals surface area (Å²) in [7, 11) is 1.57. The first-order valence-corrected chi connectivity index (χ1v) is 7.16. The fourth-order valence-corrected chi connectivity index (χ4v) is 3.13. The summed E-state index contributed by atoms with van der Waals surface area (Å²) in [6.07, 6.45) is 1.18. The second kappa shape index (κ2) is 4.54. The zero-order valence-electron chi connectivity index (χ0n) is 12.3. The first kappa shape index (κ1) is 13.7. The number of anilines is 1. The van der Waals surface area contributed by atoms with Crippen LogP contribution in [0.2, 0.25) is 0 Å². The van der Waals surface area contributed by atoms with Crippen LogP contribution in [-0.2, 0) is 10.4 Å². The van der Waals surface area contributed by atoms with E-state index >= 15 is 0 Å². The highest BCUT2D eigenvalue weighted by Gasteiger charge is 2.51. The molecule has 1 N–H and O–H groups in total. The Morgan fingerprint density at radius 1 is 1.00 bits per heavy atom. The first-order valence-electron chi connectivity index (χ1n) is 7.16. The second-order valence-corrected chi connectivity index (χ2v) is 5.57. The van der Waals surface area contributed by atoms with Crippen LogP contribution in [0.25, 0.3) is 11.0 Å². The van der Waals surface area contributed by atoms with E-state index in [1.165, 1.54) is 11.2 Å². The van der Waals surface area contributed by atoms with Crippen LogP contribution < -0.4 is 10.3 Å². The van der Waals surface area contributed by atoms with Crippen LogP contribution in [-0.4, -0.2) is 18.1 Å². The Labute approximate surface area is 131 Å². The van der Waals surface area contributed by atoms with Gasteiger partial charge in [0.2, 0.25) is 5.60 Å². The van der Waals surface area contributed by atoms with Crippen molar-refractivity contribution >= 4 is 22.6 Å². The first-order chi connectivity index (χ1) is 11.0. The molecule has 3 aromatic rings. The van der Waals surface area contributed by atoms with Gasteiger partial charge < -0.3 is 14.4 Å². The molecule has 0 fully saturated rings. The van der Waals surface area contributed by atoms with Crippen LogP contribution in [0.15, 0.2) is 64.0 Å². The maximum Gasteiger partial charge on any atom is 0.268 e. The van der Waals surface area contributed by atoms with Crippen molar-refractivity contribution in [1.29, 1.82) is 0 Å². The molecule has 1 atom stereocenters. The lowest BCUT2D eigenvalue weighted by Gasteiger charge is -2.21. The SMILES string of the molecule is CN1C(=O)[C@@](O)(c2coc3ccccc3c2=O)c2ccccc21. The van der Waals surface area contributed by atoms with Gasteiger partial charge in [0.15, 0.2) is 5.43 Å². The largest absolute Gasteiger partial charge is 0.464 e. The predicted molar refractivity (Wildman–Crippen MR) is 85.3 cm³/mol. The Hall–Kier alpha value is -2.92. The van der Waals surface area contributed by atoms with Crippen molar-refractivity contribution in [1.82, 2.24) is 0 Å². The molecule has 0 bridgehead atoms. The third-order valence-electron chi connectivity index (χ3n) is 4.34. The van der Waals surface area contributed by atoms with Crippen molar-refractivity contribution in [2.75, 3.05) is 11.9 Å². The molecule has 1 aromatic heterocycles. The monoisotopic (exact) mass is 307 g/mol. The minimum absolute atomic E-state index is 0.0713. The number of fused-ring (bicyclic) bond motifs is 2. The number of nitrogens with zero attached hydrogens (tertiary/aromatic N) is 1. The molecule has 23 heavy (non-hydrogen) atoms. The Morgan fingerprint density at radius 3 is 2.52 bits per heavy atom. The minimum atomic E-state index is -2.03. The van der Waals surface area contributed by atoms with Gasteiger partial charge in [-0.1, -0.05) is 30.3 Å². The highest BCUT2D eigenvalue weighted by molar-refractivity contribution is 6.08. The molecule has 0 radical (unpaired) electrons. The number of aliphatic hydroxyl groups is 1. The molecule has 5 nitrogen and oxygen atoms in total. The summed E-state index contributed by atoms with van der Waals surface area (Å²) in [5, 5.41) is 11.5. The van der Waals surface area contributed by atoms with Crippen molar-refractivity contribution in [2.24, 2.45) is 0 Å². The minimum Gasteiger partial charge on any atom is -0.464 e. The molecular formula is C18H13NO4. The summed E-state index contributed by atoms with van der Waals surface area (Å²) in [6, 6.07) is 13.6. The van der Waals surface area contributed by atoms with Crippen LogP contribution in [0.1, 0.15) is 11.1 Å². The van der Waals surface area contributed by atoms with Crippen LogP contribution in [0.4, 0.5) is 5.69 Å². The van der Waals surface area contributed by atoms with E-state index in [0.29, 0.717) is 22.2 Å². The van der Waals surface area contributed by atoms with Gasteiger partial charge in [0, 0.05) is 12.6 Å². The number of likely N-dealkylation sites (N-methyl/N-ethyl adjacent to an activating group) is 1. The maximum atomic E-state index is 12.8. The molecule has 1 aliphatic rings. The molecular weight excluding hydrogens is 294 g/mol. The van der Waals surface area contributed by atoms with E-state index in [9.17, 15) is 14.7 Å². The summed E-state index contributed by atoms with van der Waals surface area (Å²) < 4.78 is 5.47. The average molecular weight is 307 g/mol. The lowest BCUT2D eigenvalue weighted by atomic mass is 9.88. The molecule has 1 amide bonds. The van der Waals surface area contributed by atoms with Crippen molar-refractivity contribution in [2.45, 2.75) is 5.60 Å². The van der Waals surface area contributed by atoms with Crippen LogP contribution in [0.5, 0.6) is 0 Å². The van der Waals surface area contributed by atoms with E-state index in [4.69, 9.17) is 4.42 Å². The number of carbonyl (C=O) groups is 1. The van der Waals surface area contributed by atoms with E-state index in [-0.39, 0.29) is 5.56 Å². The zero-order chi connectivity index (χ0) is 16.2. The van der Waals surface area contributed by atoms with E-state index in [0.717, 1.165) is 0 Å². The van der Waals surface area contributed by atoms with Gasteiger partial charge in [0.25, 0.3) is 5.91 Å². The number of hydrogen-bond acceptors (Lipinski definition) is 4. The molecule has 114 valence electrons. The fourth-order valence-electron chi connectivity index (χ4n) is 3.13. The van der Waals surface area contributed by atoms with Gasteiger partial charge in [-0.3, -0.25) is 9.59 Å². The van der Waals surface area contributed by atoms with Gasteiger partial charge >= 0.3 is 0 Å². The van der Waals surface area contributed by atoms with Crippen molar-refractivity contribution < 1.29 is 14.3 Å². The number of para-hydroxylation sites is 2. The van der Waals surface area contributed by atoms with E-state index in [2.05, 4.69) is 0 Å². The molecule has 0 aliphatic carbocycles. The van der Waals surface area contributed by atoms with E-state index in [1.807, 2.05) is 0 Å². The van der Waals surface area contributed by atoms with Crippen molar-refractivity contribution in [3.05, 3.63) is 76.1 Å². The van der Waals surface area contributed by atoms with E-state index in [1.54, 1.807) is 55.6 Å². The molecule has 2 heterocycles. The Balaban J connectivity index is 2.06. The predicted octanol–water partition coefficient (Wildman–Crippen LogP) is 2.01. The summed E-state index contributed by atoms with van der Waals surface area (Å²) in [5.74, 6) is -0.568. The summed E-state index contributed by atoms with van der Waals surface area (Å²) in [5.41, 5.74) is -1.14. The highest BCUT2D eigenvalue weighted by atomic mass is 16.3. The van der Waals surface area contributed by atoms with Gasteiger partial charge in [-0.15, -0.1) is 0 Å². The van der Waals surface area contributed by atoms with Gasteiger partial charge in [-0.25, -0.2) is 0 Å². The van der Waals surface area contributed by atoms with Crippen molar-refractivity contribution in [3.8, 4) is 0 Å². The molecule has 4 rings (SSSR count). The maximum absolute atomic E-state index is 12.8. The van der Waals surface area contributed by atoms with Crippen LogP contribution in [0.3, 0.4) is 0 Å². The molecule has 1 aliphatic heterocycles. The number of carbonyl (C=O) groups excluding carboxylic acids is 1. The Morgan fingerprint density at radius 2 is 1.70 bits per heavy atom. The van der Waals surface area contributed by atoms with Crippen LogP contribution >= 0.6 is 0 Å². The molecule has 0 spiro atoms.